The van der Waals surface area contributed by atoms with Crippen LogP contribution >= 0.6 is 0 Å². The van der Waals surface area contributed by atoms with Crippen LogP contribution in [-0.2, 0) is 0 Å². The Balaban J connectivity index is 2.86. The van der Waals surface area contributed by atoms with Crippen molar-refractivity contribution in [1.29, 1.82) is 0 Å². The summed E-state index contributed by atoms with van der Waals surface area (Å²) in [4.78, 5) is 2.53. The van der Waals surface area contributed by atoms with Crippen LogP contribution in [0.25, 0.3) is 0 Å². The number of hydrogen-bond acceptors (Lipinski definition) is 2. The molecule has 0 amide bonds. The number of rotatable bonds is 8. The molecule has 1 N–H and O–H groups in total. The fourth-order valence-corrected chi connectivity index (χ4v) is 2.70. The summed E-state index contributed by atoms with van der Waals surface area (Å²) in [6.07, 6.45) is 1.22. The molecule has 2 heteroatoms. The number of aryl methyl sites for hydroxylation is 2. The third-order valence-electron chi connectivity index (χ3n) is 3.52. The normalized spacial score (nSPS) is 12.9. The molecule has 2 nitrogen and oxygen atoms in total. The van der Waals surface area contributed by atoms with E-state index in [0.717, 1.165) is 19.6 Å². The monoisotopic (exact) mass is 262 g/mol. The van der Waals surface area contributed by atoms with Crippen molar-refractivity contribution in [1.82, 2.24) is 10.2 Å². The fraction of sp³-hybridized carbons (Fsp3) is 0.647. The third kappa shape index (κ3) is 5.33. The van der Waals surface area contributed by atoms with E-state index in [1.807, 2.05) is 0 Å². The zero-order valence-corrected chi connectivity index (χ0v) is 13.3. The molecule has 1 aromatic carbocycles. The summed E-state index contributed by atoms with van der Waals surface area (Å²) < 4.78 is 0. The van der Waals surface area contributed by atoms with Crippen molar-refractivity contribution < 1.29 is 0 Å². The molecule has 1 aromatic rings. The highest BCUT2D eigenvalue weighted by Crippen LogP contribution is 2.18. The molecule has 1 unspecified atom stereocenters. The van der Waals surface area contributed by atoms with Crippen LogP contribution < -0.4 is 5.32 Å². The van der Waals surface area contributed by atoms with E-state index in [9.17, 15) is 0 Å². The Morgan fingerprint density at radius 1 is 1.05 bits per heavy atom. The van der Waals surface area contributed by atoms with Crippen molar-refractivity contribution in [2.24, 2.45) is 0 Å². The van der Waals surface area contributed by atoms with Crippen molar-refractivity contribution in [2.45, 2.75) is 47.1 Å². The Kier molecular flexibility index (Phi) is 7.11. The van der Waals surface area contributed by atoms with Gasteiger partial charge in [-0.05, 0) is 45.5 Å². The lowest BCUT2D eigenvalue weighted by molar-refractivity contribution is 0.255. The first-order valence-electron chi connectivity index (χ1n) is 7.64. The van der Waals surface area contributed by atoms with Gasteiger partial charge in [-0.3, -0.25) is 0 Å². The van der Waals surface area contributed by atoms with Gasteiger partial charge in [-0.2, -0.15) is 0 Å². The van der Waals surface area contributed by atoms with Crippen LogP contribution in [0.4, 0.5) is 0 Å². The van der Waals surface area contributed by atoms with Gasteiger partial charge >= 0.3 is 0 Å². The third-order valence-corrected chi connectivity index (χ3v) is 3.52. The number of nitrogens with one attached hydrogen (secondary N) is 1. The maximum absolute atomic E-state index is 3.63. The Morgan fingerprint density at radius 2 is 1.68 bits per heavy atom. The highest BCUT2D eigenvalue weighted by molar-refractivity contribution is 5.30. The van der Waals surface area contributed by atoms with E-state index in [-0.39, 0.29) is 0 Å². The SMILES string of the molecule is CCCN(CC)CC(NCC)c1cc(C)cc(C)c1. The zero-order chi connectivity index (χ0) is 14.3. The van der Waals surface area contributed by atoms with Crippen molar-refractivity contribution in [3.63, 3.8) is 0 Å². The minimum absolute atomic E-state index is 0.440. The molecule has 0 bridgehead atoms. The van der Waals surface area contributed by atoms with Gasteiger partial charge in [0.25, 0.3) is 0 Å². The lowest BCUT2D eigenvalue weighted by Gasteiger charge is -2.27. The van der Waals surface area contributed by atoms with E-state index in [1.165, 1.54) is 29.7 Å². The molecule has 19 heavy (non-hydrogen) atoms. The van der Waals surface area contributed by atoms with Crippen molar-refractivity contribution in [3.05, 3.63) is 34.9 Å². The number of benzene rings is 1. The van der Waals surface area contributed by atoms with Gasteiger partial charge < -0.3 is 10.2 Å². The van der Waals surface area contributed by atoms with Gasteiger partial charge in [-0.1, -0.05) is 50.1 Å². The first-order chi connectivity index (χ1) is 9.10. The molecule has 0 aromatic heterocycles. The van der Waals surface area contributed by atoms with E-state index in [2.05, 4.69) is 63.0 Å². The Morgan fingerprint density at radius 3 is 2.16 bits per heavy atom. The van der Waals surface area contributed by atoms with Gasteiger partial charge in [-0.15, -0.1) is 0 Å². The van der Waals surface area contributed by atoms with Crippen molar-refractivity contribution >= 4 is 0 Å². The Hall–Kier alpha value is -0.860. The lowest BCUT2D eigenvalue weighted by Crippen LogP contribution is -2.35. The van der Waals surface area contributed by atoms with E-state index in [4.69, 9.17) is 0 Å². The predicted molar refractivity (Wildman–Crippen MR) is 84.7 cm³/mol. The van der Waals surface area contributed by atoms with Crippen LogP contribution in [0.5, 0.6) is 0 Å². The number of likely N-dealkylation sites (N-methyl/N-ethyl adjacent to an activating group) is 2. The second-order valence-corrected chi connectivity index (χ2v) is 5.42. The first kappa shape index (κ1) is 16.2. The first-order valence-corrected chi connectivity index (χ1v) is 7.64. The molecule has 0 saturated heterocycles. The largest absolute Gasteiger partial charge is 0.309 e. The van der Waals surface area contributed by atoms with E-state index in [1.54, 1.807) is 0 Å². The van der Waals surface area contributed by atoms with E-state index < -0.39 is 0 Å². The standard InChI is InChI=1S/C17H30N2/c1-6-9-19(8-3)13-17(18-7-2)16-11-14(4)10-15(5)12-16/h10-12,17-18H,6-9,13H2,1-5H3. The van der Waals surface area contributed by atoms with Crippen LogP contribution in [0.3, 0.4) is 0 Å². The Bertz CT molecular complexity index is 353. The van der Waals surface area contributed by atoms with Gasteiger partial charge in [0.2, 0.25) is 0 Å². The maximum atomic E-state index is 3.63. The summed E-state index contributed by atoms with van der Waals surface area (Å²) in [5.41, 5.74) is 4.14. The lowest BCUT2D eigenvalue weighted by atomic mass is 10.0. The van der Waals surface area contributed by atoms with Gasteiger partial charge in [-0.25, -0.2) is 0 Å². The van der Waals surface area contributed by atoms with Crippen molar-refractivity contribution in [3.8, 4) is 0 Å². The molecule has 108 valence electrons. The second kappa shape index (κ2) is 8.34. The second-order valence-electron chi connectivity index (χ2n) is 5.42. The van der Waals surface area contributed by atoms with E-state index in [0.29, 0.717) is 6.04 Å². The minimum atomic E-state index is 0.440. The highest BCUT2D eigenvalue weighted by atomic mass is 15.1. The van der Waals surface area contributed by atoms with Gasteiger partial charge in [0.15, 0.2) is 0 Å². The van der Waals surface area contributed by atoms with Crippen LogP contribution in [0.15, 0.2) is 18.2 Å². The molecule has 0 spiro atoms. The Labute approximate surface area is 119 Å². The summed E-state index contributed by atoms with van der Waals surface area (Å²) in [6, 6.07) is 7.33. The van der Waals surface area contributed by atoms with E-state index >= 15 is 0 Å². The van der Waals surface area contributed by atoms with Crippen molar-refractivity contribution in [2.75, 3.05) is 26.2 Å². The molecule has 0 heterocycles. The van der Waals surface area contributed by atoms with Crippen LogP contribution in [0, 0.1) is 13.8 Å². The maximum Gasteiger partial charge on any atom is 0.0449 e. The molecule has 1 atom stereocenters. The molecule has 0 radical (unpaired) electrons. The summed E-state index contributed by atoms with van der Waals surface area (Å²) in [5, 5.41) is 3.63. The average molecular weight is 262 g/mol. The van der Waals surface area contributed by atoms with Gasteiger partial charge in [0.05, 0.1) is 0 Å². The highest BCUT2D eigenvalue weighted by Gasteiger charge is 2.14. The average Bonchev–Trinajstić information content (AvgIpc) is 2.36. The molecular formula is C17H30N2. The quantitative estimate of drug-likeness (QED) is 0.768. The summed E-state index contributed by atoms with van der Waals surface area (Å²) in [7, 11) is 0. The molecule has 0 aliphatic rings. The summed E-state index contributed by atoms with van der Waals surface area (Å²) >= 11 is 0. The molecule has 0 aliphatic heterocycles. The van der Waals surface area contributed by atoms with Crippen LogP contribution in [0.1, 0.15) is 49.9 Å². The molecule has 1 rings (SSSR count). The minimum Gasteiger partial charge on any atom is -0.309 e. The topological polar surface area (TPSA) is 15.3 Å². The molecule has 0 fully saturated rings. The van der Waals surface area contributed by atoms with Crippen LogP contribution in [-0.4, -0.2) is 31.1 Å². The number of hydrogen-bond donors (Lipinski definition) is 1. The number of nitrogens with zero attached hydrogens (tertiary/aromatic N) is 1. The smallest absolute Gasteiger partial charge is 0.0449 e. The van der Waals surface area contributed by atoms with Gasteiger partial charge in [0.1, 0.15) is 0 Å². The molecule has 0 aliphatic carbocycles. The van der Waals surface area contributed by atoms with Gasteiger partial charge in [0, 0.05) is 12.6 Å². The summed E-state index contributed by atoms with van der Waals surface area (Å²) in [5.74, 6) is 0. The molecular weight excluding hydrogens is 232 g/mol. The summed E-state index contributed by atoms with van der Waals surface area (Å²) in [6.45, 7) is 15.5. The zero-order valence-electron chi connectivity index (χ0n) is 13.3. The van der Waals surface area contributed by atoms with Crippen LogP contribution in [0.2, 0.25) is 0 Å². The predicted octanol–water partition coefficient (Wildman–Crippen LogP) is 3.69. The fourth-order valence-electron chi connectivity index (χ4n) is 2.70. The molecule has 0 saturated carbocycles.